The maximum Gasteiger partial charge on any atom is 0.119 e. The number of aliphatic hydroxyl groups excluding tert-OH is 2. The third-order valence-electron chi connectivity index (χ3n) is 2.09. The van der Waals surface area contributed by atoms with Crippen LogP contribution in [0.3, 0.4) is 0 Å². The van der Waals surface area contributed by atoms with E-state index in [0.717, 1.165) is 5.56 Å². The molecule has 0 fully saturated rings. The van der Waals surface area contributed by atoms with E-state index in [9.17, 15) is 0 Å². The molecule has 0 aliphatic rings. The first-order valence-corrected chi connectivity index (χ1v) is 4.98. The monoisotopic (exact) mass is 211 g/mol. The van der Waals surface area contributed by atoms with Crippen molar-refractivity contribution in [3.8, 4) is 5.75 Å². The molecule has 4 heteroatoms. The summed E-state index contributed by atoms with van der Waals surface area (Å²) in [4.78, 5) is 0. The Kier molecular flexibility index (Phi) is 5.10. The summed E-state index contributed by atoms with van der Waals surface area (Å²) in [7, 11) is 0. The van der Waals surface area contributed by atoms with E-state index in [1.54, 1.807) is 0 Å². The molecule has 15 heavy (non-hydrogen) atoms. The van der Waals surface area contributed by atoms with E-state index in [-0.39, 0.29) is 25.9 Å². The van der Waals surface area contributed by atoms with Crippen LogP contribution in [0.1, 0.15) is 18.0 Å². The molecule has 0 saturated heterocycles. The first-order chi connectivity index (χ1) is 7.27. The van der Waals surface area contributed by atoms with E-state index in [0.29, 0.717) is 12.2 Å². The quantitative estimate of drug-likeness (QED) is 0.638. The van der Waals surface area contributed by atoms with Gasteiger partial charge in [0.25, 0.3) is 0 Å². The minimum Gasteiger partial charge on any atom is -0.491 e. The Morgan fingerprint density at radius 2 is 2.07 bits per heavy atom. The lowest BCUT2D eigenvalue weighted by molar-refractivity contribution is 0.201. The SMILES string of the molecule is NC(CCO)c1cccc(OCCO)c1. The predicted molar refractivity (Wildman–Crippen MR) is 57.7 cm³/mol. The van der Waals surface area contributed by atoms with Crippen LogP contribution in [0.4, 0.5) is 0 Å². The average molecular weight is 211 g/mol. The van der Waals surface area contributed by atoms with E-state index in [4.69, 9.17) is 20.7 Å². The van der Waals surface area contributed by atoms with Crippen molar-refractivity contribution in [3.05, 3.63) is 29.8 Å². The average Bonchev–Trinajstić information content (AvgIpc) is 2.27. The van der Waals surface area contributed by atoms with E-state index < -0.39 is 0 Å². The van der Waals surface area contributed by atoms with E-state index in [1.807, 2.05) is 24.3 Å². The lowest BCUT2D eigenvalue weighted by Crippen LogP contribution is -2.12. The minimum absolute atomic E-state index is 0.00702. The lowest BCUT2D eigenvalue weighted by atomic mass is 10.1. The van der Waals surface area contributed by atoms with Crippen molar-refractivity contribution in [2.24, 2.45) is 5.73 Å². The van der Waals surface area contributed by atoms with Gasteiger partial charge in [-0.15, -0.1) is 0 Å². The number of aliphatic hydroxyl groups is 2. The van der Waals surface area contributed by atoms with Crippen LogP contribution in [0.2, 0.25) is 0 Å². The highest BCUT2D eigenvalue weighted by atomic mass is 16.5. The van der Waals surface area contributed by atoms with Crippen LogP contribution in [0.5, 0.6) is 5.75 Å². The van der Waals surface area contributed by atoms with E-state index in [1.165, 1.54) is 0 Å². The molecule has 0 radical (unpaired) electrons. The third kappa shape index (κ3) is 3.87. The van der Waals surface area contributed by atoms with Crippen molar-refractivity contribution < 1.29 is 14.9 Å². The van der Waals surface area contributed by atoms with Crippen molar-refractivity contribution in [1.29, 1.82) is 0 Å². The van der Waals surface area contributed by atoms with Gasteiger partial charge in [0.15, 0.2) is 0 Å². The van der Waals surface area contributed by atoms with Crippen molar-refractivity contribution in [2.45, 2.75) is 12.5 Å². The summed E-state index contributed by atoms with van der Waals surface area (Å²) in [6.45, 7) is 0.342. The molecule has 0 heterocycles. The molecule has 0 aromatic heterocycles. The summed E-state index contributed by atoms with van der Waals surface area (Å²) in [6, 6.07) is 7.21. The number of ether oxygens (including phenoxy) is 1. The number of benzene rings is 1. The molecule has 0 bridgehead atoms. The fraction of sp³-hybridized carbons (Fsp3) is 0.455. The van der Waals surface area contributed by atoms with Crippen molar-refractivity contribution in [2.75, 3.05) is 19.8 Å². The first kappa shape index (κ1) is 12.0. The Hall–Kier alpha value is -1.10. The zero-order valence-electron chi connectivity index (χ0n) is 8.60. The Morgan fingerprint density at radius 1 is 1.27 bits per heavy atom. The summed E-state index contributed by atoms with van der Waals surface area (Å²) in [5.74, 6) is 0.690. The topological polar surface area (TPSA) is 75.7 Å². The van der Waals surface area contributed by atoms with Gasteiger partial charge in [0, 0.05) is 12.6 Å². The molecule has 1 aromatic carbocycles. The maximum atomic E-state index is 8.76. The lowest BCUT2D eigenvalue weighted by Gasteiger charge is -2.12. The molecular formula is C11H17NO3. The van der Waals surface area contributed by atoms with Crippen LogP contribution in [0.25, 0.3) is 0 Å². The molecule has 0 aliphatic heterocycles. The molecule has 1 atom stereocenters. The molecule has 0 spiro atoms. The Balaban J connectivity index is 2.64. The third-order valence-corrected chi connectivity index (χ3v) is 2.09. The normalized spacial score (nSPS) is 12.5. The summed E-state index contributed by atoms with van der Waals surface area (Å²) in [5, 5.41) is 17.4. The molecule has 84 valence electrons. The molecule has 4 nitrogen and oxygen atoms in total. The Morgan fingerprint density at radius 3 is 2.73 bits per heavy atom. The van der Waals surface area contributed by atoms with Crippen molar-refractivity contribution in [3.63, 3.8) is 0 Å². The van der Waals surface area contributed by atoms with Crippen LogP contribution in [0.15, 0.2) is 24.3 Å². The summed E-state index contributed by atoms with van der Waals surface area (Å²) in [6.07, 6.45) is 0.531. The second kappa shape index (κ2) is 6.40. The highest BCUT2D eigenvalue weighted by Crippen LogP contribution is 2.19. The Bertz CT molecular complexity index is 291. The highest BCUT2D eigenvalue weighted by molar-refractivity contribution is 5.30. The smallest absolute Gasteiger partial charge is 0.119 e. The standard InChI is InChI=1S/C11H17NO3/c12-11(4-5-13)9-2-1-3-10(8-9)15-7-6-14/h1-3,8,11,13-14H,4-7,12H2. The van der Waals surface area contributed by atoms with Gasteiger partial charge in [0.2, 0.25) is 0 Å². The molecule has 1 aromatic rings. The number of hydrogen-bond donors (Lipinski definition) is 3. The molecule has 0 amide bonds. The van der Waals surface area contributed by atoms with Gasteiger partial charge >= 0.3 is 0 Å². The zero-order valence-corrected chi connectivity index (χ0v) is 8.60. The van der Waals surface area contributed by atoms with Gasteiger partial charge in [-0.1, -0.05) is 12.1 Å². The highest BCUT2D eigenvalue weighted by Gasteiger charge is 2.05. The predicted octanol–water partition coefficient (Wildman–Crippen LogP) is 0.440. The van der Waals surface area contributed by atoms with Crippen LogP contribution < -0.4 is 10.5 Å². The first-order valence-electron chi connectivity index (χ1n) is 4.98. The largest absolute Gasteiger partial charge is 0.491 e. The van der Waals surface area contributed by atoms with E-state index in [2.05, 4.69) is 0 Å². The second-order valence-electron chi connectivity index (χ2n) is 3.26. The van der Waals surface area contributed by atoms with Gasteiger partial charge in [-0.3, -0.25) is 0 Å². The fourth-order valence-corrected chi connectivity index (χ4v) is 1.30. The minimum atomic E-state index is -0.173. The molecular weight excluding hydrogens is 194 g/mol. The maximum absolute atomic E-state index is 8.76. The van der Waals surface area contributed by atoms with Crippen LogP contribution in [-0.2, 0) is 0 Å². The fourth-order valence-electron chi connectivity index (χ4n) is 1.30. The van der Waals surface area contributed by atoms with E-state index >= 15 is 0 Å². The number of nitrogens with two attached hydrogens (primary N) is 1. The van der Waals surface area contributed by atoms with Crippen molar-refractivity contribution >= 4 is 0 Å². The van der Waals surface area contributed by atoms with Gasteiger partial charge in [-0.2, -0.15) is 0 Å². The molecule has 1 unspecified atom stereocenters. The number of hydrogen-bond acceptors (Lipinski definition) is 4. The van der Waals surface area contributed by atoms with Crippen LogP contribution >= 0.6 is 0 Å². The molecule has 0 aliphatic carbocycles. The van der Waals surface area contributed by atoms with Gasteiger partial charge in [0.05, 0.1) is 6.61 Å². The van der Waals surface area contributed by atoms with Gasteiger partial charge in [-0.25, -0.2) is 0 Å². The second-order valence-corrected chi connectivity index (χ2v) is 3.26. The summed E-state index contributed by atoms with van der Waals surface area (Å²) < 4.78 is 5.26. The Labute approximate surface area is 89.3 Å². The van der Waals surface area contributed by atoms with Gasteiger partial charge in [0.1, 0.15) is 12.4 Å². The zero-order chi connectivity index (χ0) is 11.1. The van der Waals surface area contributed by atoms with Gasteiger partial charge in [-0.05, 0) is 24.1 Å². The molecule has 4 N–H and O–H groups in total. The van der Waals surface area contributed by atoms with Gasteiger partial charge < -0.3 is 20.7 Å². The number of rotatable bonds is 6. The van der Waals surface area contributed by atoms with Crippen molar-refractivity contribution in [1.82, 2.24) is 0 Å². The van der Waals surface area contributed by atoms with Crippen LogP contribution in [0, 0.1) is 0 Å². The summed E-state index contributed by atoms with van der Waals surface area (Å²) >= 11 is 0. The molecule has 1 rings (SSSR count). The molecule has 0 saturated carbocycles. The summed E-state index contributed by atoms with van der Waals surface area (Å²) in [5.41, 5.74) is 6.77. The van der Waals surface area contributed by atoms with Crippen LogP contribution in [-0.4, -0.2) is 30.0 Å².